The van der Waals surface area contributed by atoms with Crippen molar-refractivity contribution in [2.75, 3.05) is 23.0 Å². The molecule has 2 atom stereocenters. The predicted molar refractivity (Wildman–Crippen MR) is 108 cm³/mol. The number of nitrogens with one attached hydrogen (secondary N) is 1. The minimum absolute atomic E-state index is 0.116. The van der Waals surface area contributed by atoms with Gasteiger partial charge in [-0.15, -0.1) is 33.7 Å². The largest absolute Gasteiger partial charge is 0.477 e. The van der Waals surface area contributed by atoms with E-state index in [1.807, 2.05) is 0 Å². The number of hydrogen-bond donors (Lipinski definition) is 2. The van der Waals surface area contributed by atoms with E-state index in [0.717, 1.165) is 9.91 Å². The Morgan fingerprint density at radius 1 is 1.37 bits per heavy atom. The summed E-state index contributed by atoms with van der Waals surface area (Å²) in [6.07, 6.45) is -4.38. The Labute approximate surface area is 185 Å². The molecule has 2 N–H and O–H groups in total. The van der Waals surface area contributed by atoms with E-state index in [9.17, 15) is 32.7 Å². The summed E-state index contributed by atoms with van der Waals surface area (Å²) in [5.74, 6) is -3.47. The highest BCUT2D eigenvalue weighted by atomic mass is 32.2. The summed E-state index contributed by atoms with van der Waals surface area (Å²) < 4.78 is 37.2. The summed E-state index contributed by atoms with van der Waals surface area (Å²) >= 11 is 4.41. The van der Waals surface area contributed by atoms with Gasteiger partial charge in [0.15, 0.2) is 4.34 Å². The fourth-order valence-corrected chi connectivity index (χ4v) is 6.66. The van der Waals surface area contributed by atoms with E-state index < -0.39 is 46.9 Å². The first-order valence-electron chi connectivity index (χ1n) is 8.33. The zero-order valence-corrected chi connectivity index (χ0v) is 18.5. The first-order valence-corrected chi connectivity index (χ1v) is 12.3. The third-order valence-corrected chi connectivity index (χ3v) is 8.34. The summed E-state index contributed by atoms with van der Waals surface area (Å²) in [4.78, 5) is 37.3. The lowest BCUT2D eigenvalue weighted by atomic mass is 10.0. The second-order valence-corrected chi connectivity index (χ2v) is 10.7. The van der Waals surface area contributed by atoms with Crippen LogP contribution in [0.4, 0.5) is 13.2 Å². The predicted octanol–water partition coefficient (Wildman–Crippen LogP) is 1.97. The molecular formula is C15H15F3N4O4S4. The first kappa shape index (κ1) is 23.2. The van der Waals surface area contributed by atoms with Gasteiger partial charge in [0, 0.05) is 11.5 Å². The molecule has 0 radical (unpaired) electrons. The van der Waals surface area contributed by atoms with Crippen molar-refractivity contribution in [2.24, 2.45) is 0 Å². The topological polar surface area (TPSA) is 112 Å². The maximum absolute atomic E-state index is 12.5. The molecule has 1 unspecified atom stereocenters. The van der Waals surface area contributed by atoms with Crippen molar-refractivity contribution < 1.29 is 32.7 Å². The zero-order chi connectivity index (χ0) is 22.1. The molecule has 0 aromatic carbocycles. The van der Waals surface area contributed by atoms with Gasteiger partial charge in [0.1, 0.15) is 22.1 Å². The Morgan fingerprint density at radius 3 is 2.70 bits per heavy atom. The van der Waals surface area contributed by atoms with Gasteiger partial charge in [-0.2, -0.15) is 13.2 Å². The van der Waals surface area contributed by atoms with Crippen LogP contribution in [0.25, 0.3) is 0 Å². The molecule has 3 heterocycles. The van der Waals surface area contributed by atoms with Crippen molar-refractivity contribution in [3.63, 3.8) is 0 Å². The Bertz CT molecular complexity index is 891. The number of carbonyl (C=O) groups excluding carboxylic acids is 2. The van der Waals surface area contributed by atoms with Gasteiger partial charge in [-0.05, 0) is 12.5 Å². The molecule has 8 nitrogen and oxygen atoms in total. The lowest BCUT2D eigenvalue weighted by Crippen LogP contribution is -2.70. The molecule has 0 bridgehead atoms. The lowest BCUT2D eigenvalue weighted by Gasteiger charge is -2.49. The number of aliphatic carboxylic acids is 1. The molecule has 3 rings (SSSR count). The number of carboxylic acid groups (broad SMARTS) is 1. The Morgan fingerprint density at radius 2 is 2.10 bits per heavy atom. The number of nitrogens with zero attached hydrogens (tertiary/aromatic N) is 3. The third kappa shape index (κ3) is 5.42. The third-order valence-electron chi connectivity index (χ3n) is 3.94. The summed E-state index contributed by atoms with van der Waals surface area (Å²) in [6.45, 7) is 1.81. The summed E-state index contributed by atoms with van der Waals surface area (Å²) in [7, 11) is 0. The highest BCUT2D eigenvalue weighted by molar-refractivity contribution is 8.02. The highest BCUT2D eigenvalue weighted by Crippen LogP contribution is 2.41. The maximum atomic E-state index is 12.5. The van der Waals surface area contributed by atoms with Crippen LogP contribution in [0, 0.1) is 6.92 Å². The van der Waals surface area contributed by atoms with Crippen molar-refractivity contribution >= 4 is 64.4 Å². The van der Waals surface area contributed by atoms with Crippen LogP contribution >= 0.6 is 46.6 Å². The van der Waals surface area contributed by atoms with Crippen molar-refractivity contribution in [1.82, 2.24) is 20.4 Å². The number of thioether (sulfide) groups is 3. The molecule has 1 aromatic heterocycles. The molecule has 0 spiro atoms. The van der Waals surface area contributed by atoms with Crippen LogP contribution in [0.2, 0.25) is 0 Å². The smallest absolute Gasteiger partial charge is 0.397 e. The normalized spacial score (nSPS) is 21.3. The van der Waals surface area contributed by atoms with Crippen LogP contribution in [-0.2, 0) is 14.4 Å². The SMILES string of the molecule is Cc1nnc(SCC2=C(C(=O)O)N3C(=O)C(NC(=O)CSCC(F)(F)F)[C@H]3SC2)s1. The van der Waals surface area contributed by atoms with E-state index in [0.29, 0.717) is 33.2 Å². The second-order valence-electron chi connectivity index (χ2n) is 6.20. The standard InChI is InChI=1S/C15H15F3N4O4S4/c1-6-20-21-14(30-6)29-3-7-2-28-12-9(11(24)22(12)10(7)13(25)26)19-8(23)4-27-5-15(16,17)18/h9,12H,2-5H2,1H3,(H,19,23)(H,25,26)/t9?,12-/m1/s1. The number of alkyl halides is 3. The van der Waals surface area contributed by atoms with Gasteiger partial charge < -0.3 is 10.4 Å². The molecule has 1 fully saturated rings. The average Bonchev–Trinajstić information content (AvgIpc) is 3.07. The molecule has 0 aliphatic carbocycles. The fourth-order valence-electron chi connectivity index (χ4n) is 2.75. The summed E-state index contributed by atoms with van der Waals surface area (Å²) in [5.41, 5.74) is 0.440. The number of aromatic nitrogens is 2. The number of halogens is 3. The fraction of sp³-hybridized carbons (Fsp3) is 0.533. The van der Waals surface area contributed by atoms with Crippen molar-refractivity contribution in [3.8, 4) is 0 Å². The van der Waals surface area contributed by atoms with Gasteiger partial charge in [-0.25, -0.2) is 4.79 Å². The summed E-state index contributed by atoms with van der Waals surface area (Å²) in [6, 6.07) is -0.955. The van der Waals surface area contributed by atoms with E-state index in [-0.39, 0.29) is 5.70 Å². The number of hydrogen-bond acceptors (Lipinski definition) is 9. The Hall–Kier alpha value is -1.45. The number of fused-ring (bicyclic) bond motifs is 1. The van der Waals surface area contributed by atoms with Crippen LogP contribution in [0.5, 0.6) is 0 Å². The van der Waals surface area contributed by atoms with Crippen molar-refractivity contribution in [1.29, 1.82) is 0 Å². The molecule has 1 saturated heterocycles. The lowest BCUT2D eigenvalue weighted by molar-refractivity contribution is -0.150. The maximum Gasteiger partial charge on any atom is 0.397 e. The molecule has 2 amide bonds. The number of aryl methyl sites for hydroxylation is 1. The quantitative estimate of drug-likeness (QED) is 0.409. The van der Waals surface area contributed by atoms with Gasteiger partial charge in [0.25, 0.3) is 5.91 Å². The number of carbonyl (C=O) groups is 3. The van der Waals surface area contributed by atoms with Gasteiger partial charge in [-0.1, -0.05) is 23.1 Å². The van der Waals surface area contributed by atoms with Gasteiger partial charge in [-0.3, -0.25) is 14.5 Å². The Kier molecular flexibility index (Phi) is 7.24. The first-order chi connectivity index (χ1) is 14.1. The van der Waals surface area contributed by atoms with Crippen LogP contribution in [-0.4, -0.2) is 78.6 Å². The van der Waals surface area contributed by atoms with E-state index in [1.54, 1.807) is 6.92 Å². The molecular weight excluding hydrogens is 485 g/mol. The minimum Gasteiger partial charge on any atom is -0.477 e. The van der Waals surface area contributed by atoms with Crippen molar-refractivity contribution in [3.05, 3.63) is 16.3 Å². The number of β-lactam (4-membered cyclic amide) rings is 1. The molecule has 1 aromatic rings. The average molecular weight is 501 g/mol. The van der Waals surface area contributed by atoms with Crippen LogP contribution in [0.3, 0.4) is 0 Å². The van der Waals surface area contributed by atoms with E-state index in [2.05, 4.69) is 15.5 Å². The van der Waals surface area contributed by atoms with Crippen LogP contribution in [0.1, 0.15) is 5.01 Å². The van der Waals surface area contributed by atoms with Crippen molar-refractivity contribution in [2.45, 2.75) is 28.9 Å². The summed E-state index contributed by atoms with van der Waals surface area (Å²) in [5, 5.41) is 20.1. The van der Waals surface area contributed by atoms with Crippen LogP contribution < -0.4 is 5.32 Å². The number of rotatable bonds is 8. The van der Waals surface area contributed by atoms with Gasteiger partial charge in [0.05, 0.1) is 11.5 Å². The molecule has 2 aliphatic heterocycles. The molecule has 30 heavy (non-hydrogen) atoms. The van der Waals surface area contributed by atoms with Gasteiger partial charge in [0.2, 0.25) is 5.91 Å². The monoisotopic (exact) mass is 500 g/mol. The van der Waals surface area contributed by atoms with E-state index in [4.69, 9.17) is 0 Å². The minimum atomic E-state index is -4.38. The number of amides is 2. The Balaban J connectivity index is 1.61. The highest BCUT2D eigenvalue weighted by Gasteiger charge is 2.54. The molecule has 15 heteroatoms. The number of carboxylic acids is 1. The van der Waals surface area contributed by atoms with E-state index >= 15 is 0 Å². The van der Waals surface area contributed by atoms with Crippen LogP contribution in [0.15, 0.2) is 15.6 Å². The molecule has 164 valence electrons. The molecule has 2 aliphatic rings. The van der Waals surface area contributed by atoms with Gasteiger partial charge >= 0.3 is 12.1 Å². The van der Waals surface area contributed by atoms with E-state index in [1.165, 1.54) is 34.9 Å². The molecule has 0 saturated carbocycles. The zero-order valence-electron chi connectivity index (χ0n) is 15.3. The second kappa shape index (κ2) is 9.36.